The number of imidazole rings is 1. The highest BCUT2D eigenvalue weighted by atomic mass is 16.2. The van der Waals surface area contributed by atoms with Gasteiger partial charge in [-0.05, 0) is 26.7 Å². The molecule has 1 heterocycles. The molecule has 0 bridgehead atoms. The third-order valence-corrected chi connectivity index (χ3v) is 2.32. The molecule has 0 atom stereocenters. The summed E-state index contributed by atoms with van der Waals surface area (Å²) >= 11 is 0. The van der Waals surface area contributed by atoms with Crippen LogP contribution in [-0.2, 0) is 4.79 Å². The number of amides is 1. The molecular weight excluding hydrogens is 166 g/mol. The summed E-state index contributed by atoms with van der Waals surface area (Å²) in [5.74, 6) is 0.895. The Kier molecular flexibility index (Phi) is 1.83. The number of carbonyl (C=O) groups excluding carboxylic acids is 1. The smallest absolute Gasteiger partial charge is 0.229 e. The Bertz CT molecular complexity index is 319. The highest BCUT2D eigenvalue weighted by Crippen LogP contribution is 2.29. The van der Waals surface area contributed by atoms with Crippen LogP contribution >= 0.6 is 0 Å². The molecule has 1 fully saturated rings. The molecule has 1 aliphatic rings. The van der Waals surface area contributed by atoms with Crippen molar-refractivity contribution >= 4 is 11.9 Å². The molecule has 1 aromatic rings. The molecule has 13 heavy (non-hydrogen) atoms. The molecule has 1 aromatic heterocycles. The fraction of sp³-hybridized carbons (Fsp3) is 0.556. The minimum atomic E-state index is 0.0914. The number of hydrogen-bond acceptors (Lipinski definition) is 2. The van der Waals surface area contributed by atoms with Crippen LogP contribution in [-0.4, -0.2) is 15.9 Å². The van der Waals surface area contributed by atoms with Gasteiger partial charge in [-0.25, -0.2) is 4.98 Å². The van der Waals surface area contributed by atoms with Crippen molar-refractivity contribution in [1.29, 1.82) is 0 Å². The summed E-state index contributed by atoms with van der Waals surface area (Å²) in [7, 11) is 0. The number of rotatable bonds is 2. The molecule has 1 aliphatic carbocycles. The average Bonchev–Trinajstić information content (AvgIpc) is 2.81. The standard InChI is InChI=1S/C9H13N3O/c1-5-6(2)11-9(10-5)12-8(13)7-3-4-7/h7H,3-4H2,1-2H3,(H2,10,11,12,13). The summed E-state index contributed by atoms with van der Waals surface area (Å²) in [6, 6.07) is 0. The van der Waals surface area contributed by atoms with E-state index in [1.165, 1.54) is 0 Å². The van der Waals surface area contributed by atoms with Crippen LogP contribution in [0.5, 0.6) is 0 Å². The number of aromatic nitrogens is 2. The second kappa shape index (κ2) is 2.87. The first-order valence-electron chi connectivity index (χ1n) is 4.51. The van der Waals surface area contributed by atoms with Crippen molar-refractivity contribution in [2.45, 2.75) is 26.7 Å². The molecule has 0 aromatic carbocycles. The monoisotopic (exact) mass is 179 g/mol. The summed E-state index contributed by atoms with van der Waals surface area (Å²) in [4.78, 5) is 18.5. The number of anilines is 1. The van der Waals surface area contributed by atoms with Gasteiger partial charge in [0.15, 0.2) is 0 Å². The minimum absolute atomic E-state index is 0.0914. The van der Waals surface area contributed by atoms with E-state index in [9.17, 15) is 4.79 Å². The molecule has 70 valence electrons. The lowest BCUT2D eigenvalue weighted by Gasteiger charge is -1.97. The first-order chi connectivity index (χ1) is 6.16. The SMILES string of the molecule is Cc1nc(NC(=O)C2CC2)[nH]c1C. The quantitative estimate of drug-likeness (QED) is 0.720. The topological polar surface area (TPSA) is 57.8 Å². The zero-order valence-corrected chi connectivity index (χ0v) is 7.85. The van der Waals surface area contributed by atoms with Crippen molar-refractivity contribution in [1.82, 2.24) is 9.97 Å². The minimum Gasteiger partial charge on any atom is -0.328 e. The molecule has 0 unspecified atom stereocenters. The van der Waals surface area contributed by atoms with Gasteiger partial charge in [0.25, 0.3) is 0 Å². The summed E-state index contributed by atoms with van der Waals surface area (Å²) in [5.41, 5.74) is 1.94. The van der Waals surface area contributed by atoms with Crippen molar-refractivity contribution in [2.24, 2.45) is 5.92 Å². The van der Waals surface area contributed by atoms with Crippen LogP contribution in [0.1, 0.15) is 24.2 Å². The van der Waals surface area contributed by atoms with Gasteiger partial charge in [0.05, 0.1) is 5.69 Å². The highest BCUT2D eigenvalue weighted by Gasteiger charge is 2.30. The van der Waals surface area contributed by atoms with Crippen molar-refractivity contribution in [3.63, 3.8) is 0 Å². The summed E-state index contributed by atoms with van der Waals surface area (Å²) in [5, 5.41) is 2.76. The van der Waals surface area contributed by atoms with Crippen LogP contribution in [0.4, 0.5) is 5.95 Å². The lowest BCUT2D eigenvalue weighted by atomic mass is 10.4. The largest absolute Gasteiger partial charge is 0.328 e. The van der Waals surface area contributed by atoms with Crippen LogP contribution < -0.4 is 5.32 Å². The molecule has 1 saturated carbocycles. The van der Waals surface area contributed by atoms with Gasteiger partial charge in [-0.3, -0.25) is 10.1 Å². The Morgan fingerprint density at radius 1 is 1.54 bits per heavy atom. The second-order valence-corrected chi connectivity index (χ2v) is 3.56. The van der Waals surface area contributed by atoms with E-state index in [0.717, 1.165) is 24.2 Å². The second-order valence-electron chi connectivity index (χ2n) is 3.56. The fourth-order valence-electron chi connectivity index (χ4n) is 1.17. The molecule has 4 nitrogen and oxygen atoms in total. The third kappa shape index (κ3) is 1.71. The zero-order chi connectivity index (χ0) is 9.42. The first-order valence-corrected chi connectivity index (χ1v) is 4.51. The van der Waals surface area contributed by atoms with Crippen LogP contribution in [0.3, 0.4) is 0 Å². The van der Waals surface area contributed by atoms with Crippen molar-refractivity contribution in [2.75, 3.05) is 5.32 Å². The molecule has 1 amide bonds. The number of aryl methyl sites for hydroxylation is 2. The maximum Gasteiger partial charge on any atom is 0.229 e. The maximum absolute atomic E-state index is 11.3. The molecule has 0 aliphatic heterocycles. The van der Waals surface area contributed by atoms with E-state index < -0.39 is 0 Å². The van der Waals surface area contributed by atoms with E-state index in [4.69, 9.17) is 0 Å². The molecule has 0 radical (unpaired) electrons. The highest BCUT2D eigenvalue weighted by molar-refractivity contribution is 5.92. The molecular formula is C9H13N3O. The average molecular weight is 179 g/mol. The molecule has 2 N–H and O–H groups in total. The van der Waals surface area contributed by atoms with Crippen LogP contribution in [0.15, 0.2) is 0 Å². The van der Waals surface area contributed by atoms with E-state index in [-0.39, 0.29) is 11.8 Å². The Balaban J connectivity index is 2.04. The van der Waals surface area contributed by atoms with Crippen molar-refractivity contribution in [3.8, 4) is 0 Å². The van der Waals surface area contributed by atoms with E-state index in [0.29, 0.717) is 5.95 Å². The molecule has 0 spiro atoms. The fourth-order valence-corrected chi connectivity index (χ4v) is 1.17. The molecule has 2 rings (SSSR count). The Morgan fingerprint density at radius 2 is 2.23 bits per heavy atom. The summed E-state index contributed by atoms with van der Waals surface area (Å²) in [6.45, 7) is 3.85. The predicted octanol–water partition coefficient (Wildman–Crippen LogP) is 1.38. The van der Waals surface area contributed by atoms with Gasteiger partial charge in [-0.1, -0.05) is 0 Å². The first kappa shape index (κ1) is 8.29. The van der Waals surface area contributed by atoms with Gasteiger partial charge in [0.2, 0.25) is 11.9 Å². The van der Waals surface area contributed by atoms with E-state index in [1.54, 1.807) is 0 Å². The van der Waals surface area contributed by atoms with Gasteiger partial charge in [-0.15, -0.1) is 0 Å². The van der Waals surface area contributed by atoms with E-state index in [2.05, 4.69) is 15.3 Å². The van der Waals surface area contributed by atoms with Crippen LogP contribution in [0.2, 0.25) is 0 Å². The number of nitrogens with zero attached hydrogens (tertiary/aromatic N) is 1. The summed E-state index contributed by atoms with van der Waals surface area (Å²) < 4.78 is 0. The van der Waals surface area contributed by atoms with Crippen molar-refractivity contribution < 1.29 is 4.79 Å². The van der Waals surface area contributed by atoms with E-state index >= 15 is 0 Å². The number of H-pyrrole nitrogens is 1. The number of hydrogen-bond donors (Lipinski definition) is 2. The zero-order valence-electron chi connectivity index (χ0n) is 7.85. The van der Waals surface area contributed by atoms with E-state index in [1.807, 2.05) is 13.8 Å². The van der Waals surface area contributed by atoms with Crippen LogP contribution in [0, 0.1) is 19.8 Å². The van der Waals surface area contributed by atoms with Gasteiger partial charge in [-0.2, -0.15) is 0 Å². The molecule has 0 saturated heterocycles. The van der Waals surface area contributed by atoms with Crippen LogP contribution in [0.25, 0.3) is 0 Å². The normalized spacial score (nSPS) is 15.8. The predicted molar refractivity (Wildman–Crippen MR) is 49.4 cm³/mol. The number of aromatic amines is 1. The Morgan fingerprint density at radius 3 is 2.69 bits per heavy atom. The Labute approximate surface area is 76.8 Å². The Hall–Kier alpha value is -1.32. The molecule has 4 heteroatoms. The number of nitrogens with one attached hydrogen (secondary N) is 2. The van der Waals surface area contributed by atoms with Gasteiger partial charge < -0.3 is 4.98 Å². The van der Waals surface area contributed by atoms with Gasteiger partial charge in [0, 0.05) is 11.6 Å². The van der Waals surface area contributed by atoms with Gasteiger partial charge >= 0.3 is 0 Å². The lowest BCUT2D eigenvalue weighted by Crippen LogP contribution is -2.14. The maximum atomic E-state index is 11.3. The van der Waals surface area contributed by atoms with Gasteiger partial charge in [0.1, 0.15) is 0 Å². The third-order valence-electron chi connectivity index (χ3n) is 2.32. The van der Waals surface area contributed by atoms with Crippen molar-refractivity contribution in [3.05, 3.63) is 11.4 Å². The lowest BCUT2D eigenvalue weighted by molar-refractivity contribution is -0.117. The summed E-state index contributed by atoms with van der Waals surface area (Å²) in [6.07, 6.45) is 2.04. The number of carbonyl (C=O) groups is 1.